The molecular weight excluding hydrogens is 516 g/mol. The fourth-order valence-electron chi connectivity index (χ4n) is 6.35. The molecule has 0 spiro atoms. The van der Waals surface area contributed by atoms with E-state index in [4.69, 9.17) is 14.7 Å². The van der Waals surface area contributed by atoms with Gasteiger partial charge in [0.1, 0.15) is 23.0 Å². The Morgan fingerprint density at radius 2 is 1.26 bits per heavy atom. The van der Waals surface area contributed by atoms with Gasteiger partial charge in [-0.25, -0.2) is 9.97 Å². The molecule has 5 heteroatoms. The molecule has 5 nitrogen and oxygen atoms in total. The summed E-state index contributed by atoms with van der Waals surface area (Å²) >= 11 is 0. The average molecular weight is 545 g/mol. The number of hydrogen-bond donors (Lipinski definition) is 0. The zero-order valence-corrected chi connectivity index (χ0v) is 23.4. The summed E-state index contributed by atoms with van der Waals surface area (Å²) in [7, 11) is 0. The molecule has 0 atom stereocenters. The van der Waals surface area contributed by atoms with Gasteiger partial charge in [0.15, 0.2) is 0 Å². The van der Waals surface area contributed by atoms with Crippen molar-refractivity contribution >= 4 is 39.1 Å². The largest absolute Gasteiger partial charge is 0.457 e. The van der Waals surface area contributed by atoms with E-state index in [1.54, 1.807) is 0 Å². The highest BCUT2D eigenvalue weighted by atomic mass is 16.5. The molecule has 7 aromatic rings. The molecule has 0 bridgehead atoms. The van der Waals surface area contributed by atoms with Crippen molar-refractivity contribution in [2.24, 2.45) is 0 Å². The van der Waals surface area contributed by atoms with Crippen LogP contribution in [0.2, 0.25) is 0 Å². The quantitative estimate of drug-likeness (QED) is 0.221. The summed E-state index contributed by atoms with van der Waals surface area (Å²) in [6, 6.07) is 41.7. The number of anilines is 3. The van der Waals surface area contributed by atoms with Gasteiger partial charge >= 0.3 is 0 Å². The van der Waals surface area contributed by atoms with Gasteiger partial charge in [0, 0.05) is 46.3 Å². The van der Waals surface area contributed by atoms with Gasteiger partial charge < -0.3 is 4.74 Å². The topological polar surface area (TPSA) is 43.2 Å². The van der Waals surface area contributed by atoms with E-state index in [1.807, 2.05) is 48.8 Å². The summed E-state index contributed by atoms with van der Waals surface area (Å²) in [4.78, 5) is 11.8. The minimum Gasteiger partial charge on any atom is -0.457 e. The van der Waals surface area contributed by atoms with Crippen LogP contribution in [-0.4, -0.2) is 14.5 Å². The molecular formula is C37H28N4O. The number of aromatic nitrogens is 3. The summed E-state index contributed by atoms with van der Waals surface area (Å²) in [6.07, 6.45) is 3.71. The van der Waals surface area contributed by atoms with Crippen LogP contribution in [0.4, 0.5) is 17.2 Å². The summed E-state index contributed by atoms with van der Waals surface area (Å²) in [5.74, 6) is 2.45. The molecule has 0 aliphatic carbocycles. The highest BCUT2D eigenvalue weighted by molar-refractivity contribution is 6.07. The predicted octanol–water partition coefficient (Wildman–Crippen LogP) is 9.48. The zero-order chi connectivity index (χ0) is 28.3. The van der Waals surface area contributed by atoms with Crippen LogP contribution in [0.25, 0.3) is 27.6 Å². The molecule has 1 aliphatic rings. The van der Waals surface area contributed by atoms with Gasteiger partial charge in [0.05, 0.1) is 22.6 Å². The van der Waals surface area contributed by atoms with Crippen molar-refractivity contribution in [2.45, 2.75) is 19.3 Å². The van der Waals surface area contributed by atoms with Gasteiger partial charge in [-0.1, -0.05) is 68.4 Å². The van der Waals surface area contributed by atoms with E-state index in [0.29, 0.717) is 0 Å². The van der Waals surface area contributed by atoms with Crippen LogP contribution in [0.5, 0.6) is 11.5 Å². The Morgan fingerprint density at radius 3 is 2.14 bits per heavy atom. The first kappa shape index (κ1) is 24.4. The number of ether oxygens (including phenoxy) is 1. The third-order valence-electron chi connectivity index (χ3n) is 8.31. The number of hydrogen-bond acceptors (Lipinski definition) is 4. The van der Waals surface area contributed by atoms with Crippen molar-refractivity contribution in [2.75, 3.05) is 4.90 Å². The van der Waals surface area contributed by atoms with Crippen LogP contribution in [0.3, 0.4) is 0 Å². The lowest BCUT2D eigenvalue weighted by Gasteiger charge is -2.40. The van der Waals surface area contributed by atoms with E-state index < -0.39 is 0 Å². The molecule has 0 fully saturated rings. The maximum atomic E-state index is 6.51. The summed E-state index contributed by atoms with van der Waals surface area (Å²) in [5.41, 5.74) is 7.47. The molecule has 0 N–H and O–H groups in total. The second kappa shape index (κ2) is 9.32. The maximum absolute atomic E-state index is 6.51. The molecule has 8 rings (SSSR count). The second-order valence-corrected chi connectivity index (χ2v) is 11.2. The Morgan fingerprint density at radius 1 is 0.595 bits per heavy atom. The molecule has 42 heavy (non-hydrogen) atoms. The smallest absolute Gasteiger partial charge is 0.145 e. The lowest BCUT2D eigenvalue weighted by molar-refractivity contribution is 0.482. The number of benzene rings is 4. The van der Waals surface area contributed by atoms with Crippen molar-refractivity contribution in [3.05, 3.63) is 145 Å². The Balaban J connectivity index is 1.20. The number of rotatable bonds is 4. The molecule has 0 unspecified atom stereocenters. The molecule has 3 aromatic heterocycles. The van der Waals surface area contributed by atoms with Crippen LogP contribution in [0, 0.1) is 0 Å². The molecule has 202 valence electrons. The van der Waals surface area contributed by atoms with Crippen LogP contribution in [0.15, 0.2) is 134 Å². The fourth-order valence-corrected chi connectivity index (χ4v) is 6.35. The average Bonchev–Trinajstić information content (AvgIpc) is 3.36. The van der Waals surface area contributed by atoms with Gasteiger partial charge in [-0.2, -0.15) is 0 Å². The molecule has 4 heterocycles. The monoisotopic (exact) mass is 544 g/mol. The highest BCUT2D eigenvalue weighted by Gasteiger charge is 2.37. The van der Waals surface area contributed by atoms with E-state index in [-0.39, 0.29) is 5.41 Å². The van der Waals surface area contributed by atoms with Crippen LogP contribution in [0.1, 0.15) is 25.0 Å². The highest BCUT2D eigenvalue weighted by Crippen LogP contribution is 2.51. The minimum absolute atomic E-state index is 0.160. The first-order chi connectivity index (χ1) is 20.6. The van der Waals surface area contributed by atoms with Gasteiger partial charge in [0.25, 0.3) is 0 Å². The Kier molecular flexibility index (Phi) is 5.41. The molecule has 0 saturated heterocycles. The van der Waals surface area contributed by atoms with Crippen molar-refractivity contribution in [3.63, 3.8) is 0 Å². The molecule has 1 aliphatic heterocycles. The SMILES string of the molecule is CC1(C)c2ccccc2N(c2cccc(Oc3cccc(-n4c5ccccc5c5cccnc54)c3)c2)c2ncccc21. The summed E-state index contributed by atoms with van der Waals surface area (Å²) in [5, 5.41) is 2.31. The normalized spacial score (nSPS) is 13.6. The minimum atomic E-state index is -0.160. The summed E-state index contributed by atoms with van der Waals surface area (Å²) < 4.78 is 8.71. The van der Waals surface area contributed by atoms with Gasteiger partial charge in [-0.3, -0.25) is 9.47 Å². The molecule has 0 saturated carbocycles. The Bertz CT molecular complexity index is 2020. The summed E-state index contributed by atoms with van der Waals surface area (Å²) in [6.45, 7) is 4.53. The van der Waals surface area contributed by atoms with Crippen molar-refractivity contribution in [1.82, 2.24) is 14.5 Å². The lowest BCUT2D eigenvalue weighted by atomic mass is 9.74. The number of nitrogens with zero attached hydrogens (tertiary/aromatic N) is 4. The Labute approximate surface area is 244 Å². The van der Waals surface area contributed by atoms with Crippen molar-refractivity contribution < 1.29 is 4.74 Å². The Hall–Kier alpha value is -5.42. The van der Waals surface area contributed by atoms with Crippen molar-refractivity contribution in [1.29, 1.82) is 0 Å². The molecule has 4 aromatic carbocycles. The van der Waals surface area contributed by atoms with Gasteiger partial charge in [0.2, 0.25) is 0 Å². The van der Waals surface area contributed by atoms with Crippen LogP contribution in [-0.2, 0) is 5.41 Å². The van der Waals surface area contributed by atoms with E-state index in [9.17, 15) is 0 Å². The molecule has 0 amide bonds. The standard InChI is InChI=1S/C37H28N4O/c1-37(2)31-17-4-6-20-34(31)41(36-32(37)18-10-22-39-36)26-12-8-14-28(24-26)42-27-13-7-11-25(23-27)40-33-19-5-3-15-29(33)30-16-9-21-38-35(30)40/h3-24H,1-2H3. The number of fused-ring (bicyclic) bond motifs is 5. The first-order valence-electron chi connectivity index (χ1n) is 14.2. The maximum Gasteiger partial charge on any atom is 0.145 e. The second-order valence-electron chi connectivity index (χ2n) is 11.2. The van der Waals surface area contributed by atoms with E-state index in [0.717, 1.165) is 50.9 Å². The zero-order valence-electron chi connectivity index (χ0n) is 23.4. The third kappa shape index (κ3) is 3.71. The van der Waals surface area contributed by atoms with Gasteiger partial charge in [-0.15, -0.1) is 0 Å². The van der Waals surface area contributed by atoms with Crippen LogP contribution < -0.4 is 9.64 Å². The molecule has 0 radical (unpaired) electrons. The number of para-hydroxylation sites is 2. The van der Waals surface area contributed by atoms with E-state index >= 15 is 0 Å². The third-order valence-corrected chi connectivity index (χ3v) is 8.31. The van der Waals surface area contributed by atoms with Crippen LogP contribution >= 0.6 is 0 Å². The fraction of sp³-hybridized carbons (Fsp3) is 0.0811. The van der Waals surface area contributed by atoms with E-state index in [1.165, 1.54) is 16.5 Å². The van der Waals surface area contributed by atoms with Crippen molar-refractivity contribution in [3.8, 4) is 17.2 Å². The predicted molar refractivity (Wildman–Crippen MR) is 170 cm³/mol. The lowest BCUT2D eigenvalue weighted by Crippen LogP contribution is -2.31. The van der Waals surface area contributed by atoms with E-state index in [2.05, 4.69) is 108 Å². The first-order valence-corrected chi connectivity index (χ1v) is 14.2. The number of pyridine rings is 2. The van der Waals surface area contributed by atoms with Gasteiger partial charge in [-0.05, 0) is 60.2 Å².